The van der Waals surface area contributed by atoms with Gasteiger partial charge >= 0.3 is 12.4 Å². The van der Waals surface area contributed by atoms with Gasteiger partial charge in [-0.1, -0.05) is 54.1 Å². The number of rotatable bonds is 4. The lowest BCUT2D eigenvalue weighted by molar-refractivity contribution is -0.182. The molecule has 4 rings (SSSR count). The van der Waals surface area contributed by atoms with E-state index in [9.17, 15) is 31.4 Å². The number of nitrogens with zero attached hydrogens (tertiary/aromatic N) is 2. The van der Waals surface area contributed by atoms with Gasteiger partial charge < -0.3 is 9.67 Å². The van der Waals surface area contributed by atoms with E-state index in [0.717, 1.165) is 36.5 Å². The highest BCUT2D eigenvalue weighted by Gasteiger charge is 2.55. The van der Waals surface area contributed by atoms with Crippen LogP contribution in [0, 0.1) is 0 Å². The van der Waals surface area contributed by atoms with Gasteiger partial charge in [0.2, 0.25) is 0 Å². The molecule has 0 unspecified atom stereocenters. The molecule has 0 spiro atoms. The Labute approximate surface area is 208 Å². The second-order valence-electron chi connectivity index (χ2n) is 9.04. The predicted molar refractivity (Wildman–Crippen MR) is 124 cm³/mol. The van der Waals surface area contributed by atoms with Crippen molar-refractivity contribution in [2.24, 2.45) is 0 Å². The number of imidazole rings is 1. The summed E-state index contributed by atoms with van der Waals surface area (Å²) in [4.78, 5) is 4.08. The molecule has 36 heavy (non-hydrogen) atoms. The van der Waals surface area contributed by atoms with Crippen molar-refractivity contribution in [1.82, 2.24) is 9.55 Å². The Bertz CT molecular complexity index is 1320. The molecular weight excluding hydrogens is 506 g/mol. The lowest BCUT2D eigenvalue weighted by Crippen LogP contribution is -2.45. The van der Waals surface area contributed by atoms with E-state index in [0.29, 0.717) is 15.2 Å². The highest BCUT2D eigenvalue weighted by molar-refractivity contribution is 6.30. The summed E-state index contributed by atoms with van der Waals surface area (Å²) >= 11 is 6.02. The molecular formula is C26H21ClF6N2O. The van der Waals surface area contributed by atoms with Crippen molar-refractivity contribution in [3.8, 4) is 11.4 Å². The molecule has 1 N–H and O–H groups in total. The Balaban J connectivity index is 1.95. The summed E-state index contributed by atoms with van der Waals surface area (Å²) in [6.07, 6.45) is -4.42. The minimum absolute atomic E-state index is 0.211. The molecule has 2 aromatic carbocycles. The van der Waals surface area contributed by atoms with Crippen LogP contribution in [0.2, 0.25) is 5.02 Å². The van der Waals surface area contributed by atoms with Crippen LogP contribution < -0.4 is 0 Å². The van der Waals surface area contributed by atoms with Gasteiger partial charge in [0, 0.05) is 22.7 Å². The van der Waals surface area contributed by atoms with E-state index < -0.39 is 46.4 Å². The van der Waals surface area contributed by atoms with Gasteiger partial charge in [0.25, 0.3) is 0 Å². The fourth-order valence-electron chi connectivity index (χ4n) is 4.12. The largest absolute Gasteiger partial charge is 0.419 e. The van der Waals surface area contributed by atoms with Gasteiger partial charge in [-0.25, -0.2) is 4.98 Å². The average molecular weight is 527 g/mol. The maximum atomic E-state index is 14.8. The van der Waals surface area contributed by atoms with E-state index in [4.69, 9.17) is 11.6 Å². The first-order valence-electron chi connectivity index (χ1n) is 10.8. The molecule has 0 saturated carbocycles. The standard InChI is InChI=1S/C26H21ClF6N2O/c1-23(2,36)21-15-35(22(34-21)19-8-3-4-9-20(19)25(28,29)30)24(26(31,32)33)12-10-16(11-13-24)17-6-5-7-18(27)14-17/h3-16,36H,1-2H3. The Hall–Kier alpha value is -3.04. The normalized spacial score (nSPS) is 20.7. The summed E-state index contributed by atoms with van der Waals surface area (Å²) in [6.45, 7) is 2.59. The molecule has 0 bridgehead atoms. The number of allylic oxidation sites excluding steroid dienone is 4. The fourth-order valence-corrected chi connectivity index (χ4v) is 4.31. The predicted octanol–water partition coefficient (Wildman–Crippen LogP) is 7.62. The number of halogens is 7. The number of hydrogen-bond acceptors (Lipinski definition) is 2. The maximum Gasteiger partial charge on any atom is 0.419 e. The van der Waals surface area contributed by atoms with E-state index in [1.54, 1.807) is 24.3 Å². The van der Waals surface area contributed by atoms with Gasteiger partial charge in [0.15, 0.2) is 5.54 Å². The van der Waals surface area contributed by atoms with Gasteiger partial charge in [-0.15, -0.1) is 0 Å². The van der Waals surface area contributed by atoms with Crippen LogP contribution in [0.5, 0.6) is 0 Å². The van der Waals surface area contributed by atoms with Crippen molar-refractivity contribution in [1.29, 1.82) is 0 Å². The van der Waals surface area contributed by atoms with Gasteiger partial charge in [0.05, 0.1) is 11.3 Å². The summed E-state index contributed by atoms with van der Waals surface area (Å²) in [7, 11) is 0. The number of aromatic nitrogens is 2. The zero-order chi connectivity index (χ0) is 26.5. The Morgan fingerprint density at radius 2 is 1.58 bits per heavy atom. The molecule has 0 saturated heterocycles. The third-order valence-electron chi connectivity index (χ3n) is 6.01. The lowest BCUT2D eigenvalue weighted by atomic mass is 9.85. The molecule has 0 radical (unpaired) electrons. The van der Waals surface area contributed by atoms with Crippen LogP contribution in [0.15, 0.2) is 79.0 Å². The summed E-state index contributed by atoms with van der Waals surface area (Å²) in [6, 6.07) is 10.9. The van der Waals surface area contributed by atoms with E-state index in [1.165, 1.54) is 32.1 Å². The van der Waals surface area contributed by atoms with Crippen molar-refractivity contribution in [3.63, 3.8) is 0 Å². The number of alkyl halides is 6. The van der Waals surface area contributed by atoms with Crippen LogP contribution in [-0.2, 0) is 17.3 Å². The van der Waals surface area contributed by atoms with Crippen molar-refractivity contribution in [3.05, 3.63) is 101 Å². The minimum atomic E-state index is -4.96. The van der Waals surface area contributed by atoms with Crippen molar-refractivity contribution < 1.29 is 31.4 Å². The first-order valence-corrected chi connectivity index (χ1v) is 11.2. The molecule has 0 amide bonds. The van der Waals surface area contributed by atoms with Crippen molar-refractivity contribution in [2.75, 3.05) is 0 Å². The Kier molecular flexibility index (Phi) is 6.37. The first kappa shape index (κ1) is 26.0. The summed E-state index contributed by atoms with van der Waals surface area (Å²) < 4.78 is 86.3. The molecule has 190 valence electrons. The molecule has 0 aliphatic heterocycles. The Morgan fingerprint density at radius 1 is 0.944 bits per heavy atom. The van der Waals surface area contributed by atoms with Crippen LogP contribution in [-0.4, -0.2) is 20.8 Å². The zero-order valence-electron chi connectivity index (χ0n) is 19.1. The molecule has 1 aliphatic carbocycles. The smallest absolute Gasteiger partial charge is 0.384 e. The third kappa shape index (κ3) is 4.69. The van der Waals surface area contributed by atoms with Crippen LogP contribution >= 0.6 is 11.6 Å². The molecule has 0 fully saturated rings. The van der Waals surface area contributed by atoms with Crippen molar-refractivity contribution >= 4 is 11.6 Å². The van der Waals surface area contributed by atoms with E-state index in [-0.39, 0.29) is 5.69 Å². The van der Waals surface area contributed by atoms with Crippen LogP contribution in [0.1, 0.15) is 36.6 Å². The quantitative estimate of drug-likeness (QED) is 0.280. The van der Waals surface area contributed by atoms with Gasteiger partial charge in [-0.2, -0.15) is 26.3 Å². The minimum Gasteiger partial charge on any atom is -0.384 e. The average Bonchev–Trinajstić information content (AvgIpc) is 3.24. The van der Waals surface area contributed by atoms with Gasteiger partial charge in [-0.05, 0) is 49.8 Å². The SMILES string of the molecule is CC(C)(O)c1cn(C2(C(F)(F)F)C=CC(c3cccc(Cl)c3)C=C2)c(-c2ccccc2C(F)(F)F)n1. The molecule has 1 aliphatic rings. The molecule has 3 nitrogen and oxygen atoms in total. The first-order chi connectivity index (χ1) is 16.6. The topological polar surface area (TPSA) is 38.0 Å². The summed E-state index contributed by atoms with van der Waals surface area (Å²) in [5.74, 6) is -1.12. The maximum absolute atomic E-state index is 14.8. The van der Waals surface area contributed by atoms with Gasteiger partial charge in [-0.3, -0.25) is 0 Å². The van der Waals surface area contributed by atoms with Crippen molar-refractivity contribution in [2.45, 2.75) is 43.3 Å². The Morgan fingerprint density at radius 3 is 2.14 bits per heavy atom. The van der Waals surface area contributed by atoms with Crippen LogP contribution in [0.25, 0.3) is 11.4 Å². The molecule has 3 aromatic rings. The second kappa shape index (κ2) is 8.81. The zero-order valence-corrected chi connectivity index (χ0v) is 19.8. The lowest BCUT2D eigenvalue weighted by Gasteiger charge is -2.36. The highest BCUT2D eigenvalue weighted by atomic mass is 35.5. The monoisotopic (exact) mass is 526 g/mol. The number of aliphatic hydroxyl groups is 1. The summed E-state index contributed by atoms with van der Waals surface area (Å²) in [5, 5.41) is 10.9. The van der Waals surface area contributed by atoms with E-state index in [2.05, 4.69) is 4.98 Å². The number of benzene rings is 2. The van der Waals surface area contributed by atoms with Crippen LogP contribution in [0.3, 0.4) is 0 Å². The molecule has 10 heteroatoms. The van der Waals surface area contributed by atoms with E-state index in [1.807, 2.05) is 0 Å². The van der Waals surface area contributed by atoms with Crippen LogP contribution in [0.4, 0.5) is 26.3 Å². The van der Waals surface area contributed by atoms with E-state index >= 15 is 0 Å². The van der Waals surface area contributed by atoms with Gasteiger partial charge in [0.1, 0.15) is 11.4 Å². The molecule has 1 heterocycles. The highest BCUT2D eigenvalue weighted by Crippen LogP contribution is 2.47. The second-order valence-corrected chi connectivity index (χ2v) is 9.48. The summed E-state index contributed by atoms with van der Waals surface area (Å²) in [5.41, 5.74) is -5.81. The molecule has 1 aromatic heterocycles. The fraction of sp³-hybridized carbons (Fsp3) is 0.269. The molecule has 0 atom stereocenters. The third-order valence-corrected chi connectivity index (χ3v) is 6.24. The number of hydrogen-bond donors (Lipinski definition) is 1.